The van der Waals surface area contributed by atoms with E-state index in [1.807, 2.05) is 33.4 Å². The van der Waals surface area contributed by atoms with E-state index in [9.17, 15) is 25.9 Å². The molecule has 11 heteroatoms. The zero-order valence-electron chi connectivity index (χ0n) is 13.3. The number of aryl methyl sites for hydroxylation is 2. The smallest absolute Gasteiger partial charge is 0.748 e. The molecule has 0 radical (unpaired) electrons. The summed E-state index contributed by atoms with van der Waals surface area (Å²) >= 11 is 0. The average Bonchev–Trinajstić information content (AvgIpc) is 2.75. The SMILES string of the molecule is O=S(=O)([O-])CCCn1c[n+](CCCS(=O)(=O)[O-])c2ccccc21.[Na+]. The first kappa shape index (κ1) is 21.6. The molecule has 0 aliphatic rings. The summed E-state index contributed by atoms with van der Waals surface area (Å²) in [6.07, 6.45) is 2.12. The van der Waals surface area contributed by atoms with Crippen LogP contribution in [0.25, 0.3) is 11.0 Å². The number of hydrogen-bond donors (Lipinski definition) is 0. The third kappa shape index (κ3) is 6.79. The van der Waals surface area contributed by atoms with Crippen molar-refractivity contribution in [2.45, 2.75) is 25.9 Å². The van der Waals surface area contributed by atoms with Crippen LogP contribution < -0.4 is 34.1 Å². The molecule has 0 spiro atoms. The second kappa shape index (κ2) is 8.75. The Bertz CT molecular complexity index is 820. The molecule has 0 aliphatic carbocycles. The van der Waals surface area contributed by atoms with Gasteiger partial charge < -0.3 is 9.11 Å². The van der Waals surface area contributed by atoms with Crippen LogP contribution in [0.15, 0.2) is 30.6 Å². The fraction of sp³-hybridized carbons (Fsp3) is 0.462. The van der Waals surface area contributed by atoms with Crippen molar-refractivity contribution in [3.63, 3.8) is 0 Å². The normalized spacial score (nSPS) is 12.2. The molecule has 2 rings (SSSR count). The van der Waals surface area contributed by atoms with E-state index in [2.05, 4.69) is 0 Å². The molecule has 2 aromatic rings. The molecule has 8 nitrogen and oxygen atoms in total. The first-order valence-electron chi connectivity index (χ1n) is 7.00. The molecule has 0 N–H and O–H groups in total. The molecule has 0 saturated carbocycles. The van der Waals surface area contributed by atoms with Crippen molar-refractivity contribution < 1.29 is 60.1 Å². The van der Waals surface area contributed by atoms with Gasteiger partial charge in [0, 0.05) is 11.5 Å². The Morgan fingerprint density at radius 2 is 1.54 bits per heavy atom. The number of nitrogens with zero attached hydrogens (tertiary/aromatic N) is 2. The van der Waals surface area contributed by atoms with Gasteiger partial charge in [-0.3, -0.25) is 0 Å². The Morgan fingerprint density at radius 1 is 0.958 bits per heavy atom. The first-order chi connectivity index (χ1) is 10.7. The van der Waals surface area contributed by atoms with Gasteiger partial charge in [0.25, 0.3) is 0 Å². The van der Waals surface area contributed by atoms with Gasteiger partial charge in [0.1, 0.15) is 0 Å². The standard InChI is InChI=1S/C13H18N2O6S2.Na/c16-22(17,18)9-3-7-14-11-15(8-4-10-23(19,20)21)13-6-2-1-5-12(13)14;/h1-2,5-6,11H,3-4,7-10H2,(H-,16,17,18,19,20,21);/q;+1/p-1. The molecular weight excluding hydrogens is 367 g/mol. The Hall–Kier alpha value is -0.490. The number of benzene rings is 1. The molecule has 0 aliphatic heterocycles. The second-order valence-electron chi connectivity index (χ2n) is 5.22. The number of rotatable bonds is 8. The molecule has 0 amide bonds. The van der Waals surface area contributed by atoms with Gasteiger partial charge in [-0.05, 0) is 25.0 Å². The summed E-state index contributed by atoms with van der Waals surface area (Å²) < 4.78 is 67.6. The van der Waals surface area contributed by atoms with Gasteiger partial charge in [0.05, 0.1) is 33.3 Å². The molecule has 0 bridgehead atoms. The fourth-order valence-corrected chi connectivity index (χ4v) is 3.39. The van der Waals surface area contributed by atoms with Crippen molar-refractivity contribution in [2.24, 2.45) is 0 Å². The Labute approximate surface area is 163 Å². The van der Waals surface area contributed by atoms with Crippen LogP contribution in [0.3, 0.4) is 0 Å². The van der Waals surface area contributed by atoms with E-state index in [-0.39, 0.29) is 42.4 Å². The third-order valence-electron chi connectivity index (χ3n) is 3.37. The Balaban J connectivity index is 0.00000288. The zero-order chi connectivity index (χ0) is 17.1. The minimum Gasteiger partial charge on any atom is -0.748 e. The van der Waals surface area contributed by atoms with E-state index >= 15 is 0 Å². The van der Waals surface area contributed by atoms with Crippen molar-refractivity contribution in [2.75, 3.05) is 11.5 Å². The van der Waals surface area contributed by atoms with E-state index < -0.39 is 31.7 Å². The van der Waals surface area contributed by atoms with Crippen LogP contribution in [-0.2, 0) is 33.3 Å². The number of imidazole rings is 1. The van der Waals surface area contributed by atoms with Gasteiger partial charge >= 0.3 is 29.6 Å². The van der Waals surface area contributed by atoms with E-state index in [1.54, 1.807) is 6.33 Å². The van der Waals surface area contributed by atoms with Crippen molar-refractivity contribution in [1.82, 2.24) is 4.57 Å². The average molecular weight is 384 g/mol. The Kier molecular flexibility index (Phi) is 7.85. The molecule has 0 atom stereocenters. The monoisotopic (exact) mass is 384 g/mol. The molecule has 0 unspecified atom stereocenters. The summed E-state index contributed by atoms with van der Waals surface area (Å²) in [5.74, 6) is -0.873. The topological polar surface area (TPSA) is 123 Å². The van der Waals surface area contributed by atoms with E-state index in [0.29, 0.717) is 13.1 Å². The molecule has 1 heterocycles. The second-order valence-corrected chi connectivity index (χ2v) is 8.27. The van der Waals surface area contributed by atoms with Crippen molar-refractivity contribution >= 4 is 31.3 Å². The van der Waals surface area contributed by atoms with Crippen LogP contribution in [0, 0.1) is 0 Å². The van der Waals surface area contributed by atoms with Gasteiger partial charge in [-0.1, -0.05) is 12.1 Å². The van der Waals surface area contributed by atoms with Gasteiger partial charge in [0.15, 0.2) is 11.0 Å². The summed E-state index contributed by atoms with van der Waals surface area (Å²) in [5.41, 5.74) is 1.70. The number of fused-ring (bicyclic) bond motifs is 1. The fourth-order valence-electron chi connectivity index (χ4n) is 2.42. The van der Waals surface area contributed by atoms with E-state index in [4.69, 9.17) is 0 Å². The molecule has 0 fully saturated rings. The number of para-hydroxylation sites is 2. The van der Waals surface area contributed by atoms with Crippen molar-refractivity contribution in [3.05, 3.63) is 30.6 Å². The van der Waals surface area contributed by atoms with Crippen LogP contribution in [0.5, 0.6) is 0 Å². The molecule has 128 valence electrons. The van der Waals surface area contributed by atoms with Crippen LogP contribution in [0.1, 0.15) is 12.8 Å². The number of hydrogen-bond acceptors (Lipinski definition) is 6. The van der Waals surface area contributed by atoms with Crippen molar-refractivity contribution in [3.8, 4) is 0 Å². The third-order valence-corrected chi connectivity index (χ3v) is 4.94. The van der Waals surface area contributed by atoms with Gasteiger partial charge in [-0.2, -0.15) is 0 Å². The first-order valence-corrected chi connectivity index (χ1v) is 10.2. The van der Waals surface area contributed by atoms with Gasteiger partial charge in [-0.15, -0.1) is 0 Å². The van der Waals surface area contributed by atoms with Crippen LogP contribution in [0.2, 0.25) is 0 Å². The summed E-state index contributed by atoms with van der Waals surface area (Å²) in [6, 6.07) is 7.36. The van der Waals surface area contributed by atoms with Crippen LogP contribution in [0.4, 0.5) is 0 Å². The maximum Gasteiger partial charge on any atom is 1.00 e. The maximum absolute atomic E-state index is 10.7. The molecule has 24 heavy (non-hydrogen) atoms. The number of aromatic nitrogens is 2. The predicted octanol–water partition coefficient (Wildman–Crippen LogP) is -3.20. The van der Waals surface area contributed by atoms with Crippen LogP contribution in [-0.4, -0.2) is 42.0 Å². The van der Waals surface area contributed by atoms with E-state index in [1.165, 1.54) is 0 Å². The molecular formula is C13H17N2NaO6S2. The van der Waals surface area contributed by atoms with Crippen molar-refractivity contribution in [1.29, 1.82) is 0 Å². The molecule has 1 aromatic heterocycles. The summed E-state index contributed by atoms with van der Waals surface area (Å²) in [7, 11) is -8.49. The van der Waals surface area contributed by atoms with E-state index in [0.717, 1.165) is 11.0 Å². The summed E-state index contributed by atoms with van der Waals surface area (Å²) in [4.78, 5) is 0. The maximum atomic E-state index is 10.7. The minimum absolute atomic E-state index is 0. The van der Waals surface area contributed by atoms with Gasteiger partial charge in [0.2, 0.25) is 6.33 Å². The Morgan fingerprint density at radius 3 is 2.17 bits per heavy atom. The zero-order valence-corrected chi connectivity index (χ0v) is 16.9. The summed E-state index contributed by atoms with van der Waals surface area (Å²) in [6.45, 7) is 0.712. The quantitative estimate of drug-likeness (QED) is 0.268. The largest absolute Gasteiger partial charge is 1.00 e. The molecule has 1 aromatic carbocycles. The van der Waals surface area contributed by atoms with Gasteiger partial charge in [-0.25, -0.2) is 26.0 Å². The minimum atomic E-state index is -4.24. The summed E-state index contributed by atoms with van der Waals surface area (Å²) in [5, 5.41) is 0. The predicted molar refractivity (Wildman–Crippen MR) is 80.5 cm³/mol. The van der Waals surface area contributed by atoms with Crippen LogP contribution >= 0.6 is 0 Å². The molecule has 0 saturated heterocycles.